The van der Waals surface area contributed by atoms with Crippen molar-refractivity contribution in [1.82, 2.24) is 4.57 Å². The summed E-state index contributed by atoms with van der Waals surface area (Å²) in [4.78, 5) is 12.3. The number of fused-ring (bicyclic) bond motifs is 1. The predicted molar refractivity (Wildman–Crippen MR) is 104 cm³/mol. The van der Waals surface area contributed by atoms with Crippen molar-refractivity contribution in [1.29, 1.82) is 0 Å². The van der Waals surface area contributed by atoms with E-state index < -0.39 is 5.97 Å². The average Bonchev–Trinajstić information content (AvgIpc) is 2.87. The Morgan fingerprint density at radius 3 is 2.40 bits per heavy atom. The van der Waals surface area contributed by atoms with Crippen LogP contribution >= 0.6 is 23.2 Å². The van der Waals surface area contributed by atoms with Gasteiger partial charge in [-0.05, 0) is 42.8 Å². The first-order valence-corrected chi connectivity index (χ1v) is 8.60. The second kappa shape index (κ2) is 6.95. The Hall–Kier alpha value is -2.23. The summed E-state index contributed by atoms with van der Waals surface area (Å²) in [7, 11) is 1.95. The molecule has 3 rings (SSSR count). The number of esters is 1. The lowest BCUT2D eigenvalue weighted by Gasteiger charge is -2.10. The molecule has 0 spiro atoms. The Morgan fingerprint density at radius 1 is 1.12 bits per heavy atom. The van der Waals surface area contributed by atoms with Crippen LogP contribution in [0.3, 0.4) is 0 Å². The molecule has 1 heterocycles. The number of hydrogen-bond donors (Lipinski definition) is 0. The molecule has 1 aromatic heterocycles. The quantitative estimate of drug-likeness (QED) is 0.432. The maximum Gasteiger partial charge on any atom is 0.338 e. The molecule has 0 radical (unpaired) electrons. The molecule has 0 amide bonds. The van der Waals surface area contributed by atoms with E-state index >= 15 is 0 Å². The molecule has 0 aliphatic carbocycles. The predicted octanol–water partition coefficient (Wildman–Crippen LogP) is 5.73. The van der Waals surface area contributed by atoms with Crippen molar-refractivity contribution in [3.63, 3.8) is 0 Å². The highest BCUT2D eigenvalue weighted by Gasteiger charge is 2.23. The third-order valence-corrected chi connectivity index (χ3v) is 4.59. The van der Waals surface area contributed by atoms with Crippen molar-refractivity contribution < 1.29 is 9.53 Å². The maximum atomic E-state index is 12.3. The minimum absolute atomic E-state index is 0.291. The van der Waals surface area contributed by atoms with Gasteiger partial charge in [0.05, 0.1) is 17.9 Å². The van der Waals surface area contributed by atoms with Crippen LogP contribution in [0.25, 0.3) is 27.7 Å². The third kappa shape index (κ3) is 3.17. The number of carbonyl (C=O) groups excluding carboxylic acids is 1. The van der Waals surface area contributed by atoms with Crippen molar-refractivity contribution in [3.8, 4) is 11.3 Å². The molecule has 25 heavy (non-hydrogen) atoms. The zero-order valence-electron chi connectivity index (χ0n) is 14.0. The van der Waals surface area contributed by atoms with Crippen molar-refractivity contribution in [2.24, 2.45) is 7.05 Å². The summed E-state index contributed by atoms with van der Waals surface area (Å²) in [6, 6.07) is 13.1. The van der Waals surface area contributed by atoms with Crippen LogP contribution in [0, 0.1) is 0 Å². The second-order valence-corrected chi connectivity index (χ2v) is 6.52. The van der Waals surface area contributed by atoms with Crippen LogP contribution in [0.2, 0.25) is 10.0 Å². The van der Waals surface area contributed by atoms with Gasteiger partial charge in [0.25, 0.3) is 0 Å². The third-order valence-electron chi connectivity index (χ3n) is 4.10. The van der Waals surface area contributed by atoms with E-state index in [2.05, 4.69) is 6.58 Å². The van der Waals surface area contributed by atoms with E-state index in [0.717, 1.165) is 27.7 Å². The lowest BCUT2D eigenvalue weighted by molar-refractivity contribution is -0.136. The van der Waals surface area contributed by atoms with Gasteiger partial charge < -0.3 is 9.30 Å². The SMILES string of the molecule is C=C(C(=O)OCC)c1c(-c2ccc(Cl)cc2)n(C)c2ccc(Cl)cc12. The zero-order chi connectivity index (χ0) is 18.1. The Kier molecular flexibility index (Phi) is 4.89. The number of carbonyl (C=O) groups is 1. The van der Waals surface area contributed by atoms with Crippen LogP contribution < -0.4 is 0 Å². The molecule has 2 aromatic carbocycles. The van der Waals surface area contributed by atoms with E-state index in [-0.39, 0.29) is 0 Å². The molecule has 0 N–H and O–H groups in total. The van der Waals surface area contributed by atoms with E-state index in [9.17, 15) is 4.79 Å². The van der Waals surface area contributed by atoms with Crippen molar-refractivity contribution in [2.75, 3.05) is 6.61 Å². The van der Waals surface area contributed by atoms with Crippen LogP contribution in [0.15, 0.2) is 49.0 Å². The van der Waals surface area contributed by atoms with Gasteiger partial charge in [-0.2, -0.15) is 0 Å². The van der Waals surface area contributed by atoms with E-state index in [1.54, 1.807) is 6.92 Å². The number of aryl methyl sites for hydroxylation is 1. The standard InChI is InChI=1S/C20H17Cl2NO2/c1-4-25-20(24)12(2)18-16-11-15(22)9-10-17(16)23(3)19(18)13-5-7-14(21)8-6-13/h5-11H,2,4H2,1,3H3. The molecule has 128 valence electrons. The molecular weight excluding hydrogens is 357 g/mol. The Morgan fingerprint density at radius 2 is 1.76 bits per heavy atom. The zero-order valence-corrected chi connectivity index (χ0v) is 15.5. The molecule has 0 fully saturated rings. The van der Waals surface area contributed by atoms with Gasteiger partial charge in [0.1, 0.15) is 0 Å². The van der Waals surface area contributed by atoms with Gasteiger partial charge in [-0.3, -0.25) is 0 Å². The molecule has 0 atom stereocenters. The second-order valence-electron chi connectivity index (χ2n) is 5.65. The lowest BCUT2D eigenvalue weighted by Crippen LogP contribution is -2.07. The van der Waals surface area contributed by atoms with Gasteiger partial charge in [-0.25, -0.2) is 4.79 Å². The topological polar surface area (TPSA) is 31.2 Å². The summed E-state index contributed by atoms with van der Waals surface area (Å²) in [6.07, 6.45) is 0. The molecule has 0 saturated heterocycles. The molecule has 3 aromatic rings. The van der Waals surface area contributed by atoms with Gasteiger partial charge in [-0.1, -0.05) is 41.9 Å². The molecule has 0 saturated carbocycles. The fourth-order valence-corrected chi connectivity index (χ4v) is 3.29. The molecule has 0 aliphatic rings. The molecule has 0 bridgehead atoms. The lowest BCUT2D eigenvalue weighted by atomic mass is 9.99. The van der Waals surface area contributed by atoms with Gasteiger partial charge in [0.2, 0.25) is 0 Å². The summed E-state index contributed by atoms with van der Waals surface area (Å²) < 4.78 is 7.18. The number of ether oxygens (including phenoxy) is 1. The van der Waals surface area contributed by atoms with Crippen molar-refractivity contribution in [3.05, 3.63) is 64.7 Å². The highest BCUT2D eigenvalue weighted by molar-refractivity contribution is 6.32. The highest BCUT2D eigenvalue weighted by Crippen LogP contribution is 2.38. The van der Waals surface area contributed by atoms with Gasteiger partial charge in [0.15, 0.2) is 0 Å². The fraction of sp³-hybridized carbons (Fsp3) is 0.150. The first kappa shape index (κ1) is 17.6. The first-order valence-electron chi connectivity index (χ1n) is 7.84. The number of benzene rings is 2. The Labute approximate surface area is 156 Å². The summed E-state index contributed by atoms with van der Waals surface area (Å²) in [5, 5.41) is 2.10. The van der Waals surface area contributed by atoms with Gasteiger partial charge in [-0.15, -0.1) is 0 Å². The van der Waals surface area contributed by atoms with Crippen LogP contribution in [0.1, 0.15) is 12.5 Å². The number of halogens is 2. The fourth-order valence-electron chi connectivity index (χ4n) is 2.99. The molecule has 0 aliphatic heterocycles. The van der Waals surface area contributed by atoms with Crippen molar-refractivity contribution >= 4 is 45.6 Å². The largest absolute Gasteiger partial charge is 0.462 e. The number of aromatic nitrogens is 1. The van der Waals surface area contributed by atoms with Crippen LogP contribution in [-0.4, -0.2) is 17.1 Å². The molecule has 5 heteroatoms. The normalized spacial score (nSPS) is 10.9. The van der Waals surface area contributed by atoms with Crippen molar-refractivity contribution in [2.45, 2.75) is 6.92 Å². The van der Waals surface area contributed by atoms with E-state index in [1.807, 2.05) is 54.1 Å². The number of rotatable bonds is 4. The minimum Gasteiger partial charge on any atom is -0.462 e. The van der Waals surface area contributed by atoms with Gasteiger partial charge in [0, 0.05) is 33.6 Å². The summed E-state index contributed by atoms with van der Waals surface area (Å²) in [5.41, 5.74) is 3.78. The number of hydrogen-bond acceptors (Lipinski definition) is 2. The molecule has 0 unspecified atom stereocenters. The smallest absolute Gasteiger partial charge is 0.338 e. The van der Waals surface area contributed by atoms with E-state index in [1.165, 1.54) is 0 Å². The first-order chi connectivity index (χ1) is 11.9. The van der Waals surface area contributed by atoms with Crippen LogP contribution in [-0.2, 0) is 16.6 Å². The average molecular weight is 374 g/mol. The van der Waals surface area contributed by atoms with E-state index in [0.29, 0.717) is 22.2 Å². The molecular formula is C20H17Cl2NO2. The minimum atomic E-state index is -0.440. The Bertz CT molecular complexity index is 972. The summed E-state index contributed by atoms with van der Waals surface area (Å²) in [6.45, 7) is 6.04. The summed E-state index contributed by atoms with van der Waals surface area (Å²) in [5.74, 6) is -0.440. The van der Waals surface area contributed by atoms with Crippen LogP contribution in [0.4, 0.5) is 0 Å². The van der Waals surface area contributed by atoms with E-state index in [4.69, 9.17) is 27.9 Å². The molecule has 3 nitrogen and oxygen atoms in total. The monoisotopic (exact) mass is 373 g/mol. The maximum absolute atomic E-state index is 12.3. The number of nitrogens with zero attached hydrogens (tertiary/aromatic N) is 1. The van der Waals surface area contributed by atoms with Crippen LogP contribution in [0.5, 0.6) is 0 Å². The highest BCUT2D eigenvalue weighted by atomic mass is 35.5. The Balaban J connectivity index is 2.33. The van der Waals surface area contributed by atoms with Gasteiger partial charge >= 0.3 is 5.97 Å². The summed E-state index contributed by atoms with van der Waals surface area (Å²) >= 11 is 12.2.